The van der Waals surface area contributed by atoms with Crippen molar-refractivity contribution in [3.05, 3.63) is 46.5 Å². The molecule has 2 nitrogen and oxygen atoms in total. The SMILES string of the molecule is OC(c1ccco1)c1cc2sccc2s1. The van der Waals surface area contributed by atoms with Crippen molar-refractivity contribution in [3.63, 3.8) is 0 Å². The molecule has 0 aromatic carbocycles. The van der Waals surface area contributed by atoms with Crippen LogP contribution >= 0.6 is 22.7 Å². The molecule has 0 spiro atoms. The van der Waals surface area contributed by atoms with Gasteiger partial charge in [0.1, 0.15) is 11.9 Å². The first-order chi connectivity index (χ1) is 7.34. The maximum Gasteiger partial charge on any atom is 0.146 e. The second-order valence-corrected chi connectivity index (χ2v) is 5.28. The van der Waals surface area contributed by atoms with Gasteiger partial charge in [-0.3, -0.25) is 0 Å². The monoisotopic (exact) mass is 236 g/mol. The molecule has 3 rings (SSSR count). The van der Waals surface area contributed by atoms with Crippen LogP contribution in [0.4, 0.5) is 0 Å². The van der Waals surface area contributed by atoms with Gasteiger partial charge in [0.25, 0.3) is 0 Å². The molecule has 1 N–H and O–H groups in total. The average molecular weight is 236 g/mol. The number of rotatable bonds is 2. The Labute approximate surface area is 94.4 Å². The highest BCUT2D eigenvalue weighted by molar-refractivity contribution is 7.26. The fourth-order valence-corrected chi connectivity index (χ4v) is 3.62. The second-order valence-electron chi connectivity index (χ2n) is 3.22. The zero-order valence-electron chi connectivity index (χ0n) is 7.71. The zero-order valence-corrected chi connectivity index (χ0v) is 9.35. The number of fused-ring (bicyclic) bond motifs is 1. The van der Waals surface area contributed by atoms with Gasteiger partial charge in [-0.05, 0) is 29.6 Å². The van der Waals surface area contributed by atoms with Gasteiger partial charge in [-0.2, -0.15) is 0 Å². The van der Waals surface area contributed by atoms with Crippen LogP contribution in [0.15, 0.2) is 40.3 Å². The zero-order chi connectivity index (χ0) is 10.3. The van der Waals surface area contributed by atoms with Crippen molar-refractivity contribution in [1.82, 2.24) is 0 Å². The summed E-state index contributed by atoms with van der Waals surface area (Å²) in [6.07, 6.45) is 0.943. The number of furan rings is 1. The third-order valence-corrected chi connectivity index (χ3v) is 4.39. The minimum absolute atomic E-state index is 0.601. The third kappa shape index (κ3) is 1.51. The fourth-order valence-electron chi connectivity index (χ4n) is 1.51. The summed E-state index contributed by atoms with van der Waals surface area (Å²) >= 11 is 3.30. The van der Waals surface area contributed by atoms with Crippen LogP contribution in [-0.2, 0) is 0 Å². The lowest BCUT2D eigenvalue weighted by molar-refractivity contribution is 0.193. The molecule has 0 fully saturated rings. The Hall–Kier alpha value is -1.10. The minimum Gasteiger partial charge on any atom is -0.466 e. The van der Waals surface area contributed by atoms with Gasteiger partial charge in [-0.15, -0.1) is 22.7 Å². The third-order valence-electron chi connectivity index (χ3n) is 2.24. The molecule has 1 atom stereocenters. The molecule has 0 aliphatic heterocycles. The molecule has 15 heavy (non-hydrogen) atoms. The van der Waals surface area contributed by atoms with Crippen molar-refractivity contribution in [2.24, 2.45) is 0 Å². The van der Waals surface area contributed by atoms with Crippen molar-refractivity contribution >= 4 is 32.1 Å². The van der Waals surface area contributed by atoms with Crippen LogP contribution in [-0.4, -0.2) is 5.11 Å². The molecule has 0 amide bonds. The number of hydrogen-bond donors (Lipinski definition) is 1. The predicted molar refractivity (Wildman–Crippen MR) is 62.5 cm³/mol. The molecular formula is C11H8O2S2. The standard InChI is InChI=1S/C11H8O2S2/c12-11(7-2-1-4-13-7)10-6-9-8(15-10)3-5-14-9/h1-6,11-12H. The Balaban J connectivity index is 2.03. The van der Waals surface area contributed by atoms with E-state index in [1.165, 1.54) is 9.40 Å². The first-order valence-corrected chi connectivity index (χ1v) is 6.22. The molecule has 0 saturated heterocycles. The molecule has 3 heterocycles. The summed E-state index contributed by atoms with van der Waals surface area (Å²) < 4.78 is 7.63. The molecule has 0 radical (unpaired) electrons. The lowest BCUT2D eigenvalue weighted by Crippen LogP contribution is -1.93. The van der Waals surface area contributed by atoms with E-state index in [0.717, 1.165) is 4.88 Å². The van der Waals surface area contributed by atoms with E-state index in [-0.39, 0.29) is 0 Å². The van der Waals surface area contributed by atoms with E-state index in [2.05, 4.69) is 11.4 Å². The van der Waals surface area contributed by atoms with Crippen molar-refractivity contribution in [2.45, 2.75) is 6.10 Å². The van der Waals surface area contributed by atoms with Crippen molar-refractivity contribution in [2.75, 3.05) is 0 Å². The molecule has 1 unspecified atom stereocenters. The quantitative estimate of drug-likeness (QED) is 0.737. The Bertz CT molecular complexity index is 534. The predicted octanol–water partition coefficient (Wildman–Crippen LogP) is 3.64. The minimum atomic E-state index is -0.635. The number of hydrogen-bond acceptors (Lipinski definition) is 4. The molecule has 0 saturated carbocycles. The topological polar surface area (TPSA) is 33.4 Å². The summed E-state index contributed by atoms with van der Waals surface area (Å²) in [6, 6.07) is 7.67. The molecule has 76 valence electrons. The van der Waals surface area contributed by atoms with E-state index in [4.69, 9.17) is 4.42 Å². The van der Waals surface area contributed by atoms with E-state index < -0.39 is 6.10 Å². The van der Waals surface area contributed by atoms with Gasteiger partial charge >= 0.3 is 0 Å². The molecule has 3 aromatic rings. The van der Waals surface area contributed by atoms with E-state index in [0.29, 0.717) is 5.76 Å². The Morgan fingerprint density at radius 2 is 2.20 bits per heavy atom. The maximum absolute atomic E-state index is 10.0. The lowest BCUT2D eigenvalue weighted by Gasteiger charge is -2.03. The molecule has 3 aromatic heterocycles. The maximum atomic E-state index is 10.0. The fraction of sp³-hybridized carbons (Fsp3) is 0.0909. The summed E-state index contributed by atoms with van der Waals surface area (Å²) in [4.78, 5) is 0.937. The Morgan fingerprint density at radius 1 is 1.27 bits per heavy atom. The highest BCUT2D eigenvalue weighted by atomic mass is 32.1. The van der Waals surface area contributed by atoms with E-state index in [1.54, 1.807) is 41.1 Å². The van der Waals surface area contributed by atoms with Crippen LogP contribution in [0.2, 0.25) is 0 Å². The van der Waals surface area contributed by atoms with Crippen molar-refractivity contribution < 1.29 is 9.52 Å². The van der Waals surface area contributed by atoms with Gasteiger partial charge in [0.2, 0.25) is 0 Å². The van der Waals surface area contributed by atoms with Crippen molar-refractivity contribution in [3.8, 4) is 0 Å². The second kappa shape index (κ2) is 3.48. The first kappa shape index (κ1) is 9.15. The molecule has 0 aliphatic rings. The number of aliphatic hydroxyl groups excluding tert-OH is 1. The Morgan fingerprint density at radius 3 is 2.93 bits per heavy atom. The summed E-state index contributed by atoms with van der Waals surface area (Å²) in [5, 5.41) is 12.1. The van der Waals surface area contributed by atoms with Gasteiger partial charge in [0.05, 0.1) is 6.26 Å². The Kier molecular flexibility index (Phi) is 2.12. The van der Waals surface area contributed by atoms with Crippen LogP contribution in [0.25, 0.3) is 9.40 Å². The normalized spacial score (nSPS) is 13.4. The summed E-state index contributed by atoms with van der Waals surface area (Å²) in [6.45, 7) is 0. The average Bonchev–Trinajstić information content (AvgIpc) is 2.92. The number of thiophene rings is 2. The number of aliphatic hydroxyl groups is 1. The van der Waals surface area contributed by atoms with E-state index >= 15 is 0 Å². The molecule has 0 bridgehead atoms. The smallest absolute Gasteiger partial charge is 0.146 e. The molecule has 4 heteroatoms. The first-order valence-electron chi connectivity index (χ1n) is 4.53. The van der Waals surface area contributed by atoms with Gasteiger partial charge in [0, 0.05) is 14.3 Å². The summed E-state index contributed by atoms with van der Waals surface area (Å²) in [5.74, 6) is 0.601. The van der Waals surface area contributed by atoms with Gasteiger partial charge in [0.15, 0.2) is 0 Å². The lowest BCUT2D eigenvalue weighted by atomic mass is 10.2. The highest BCUT2D eigenvalue weighted by Gasteiger charge is 2.16. The van der Waals surface area contributed by atoms with Gasteiger partial charge in [-0.25, -0.2) is 0 Å². The van der Waals surface area contributed by atoms with Crippen LogP contribution in [0.5, 0.6) is 0 Å². The summed E-state index contributed by atoms with van der Waals surface area (Å²) in [7, 11) is 0. The molecule has 0 aliphatic carbocycles. The molecular weight excluding hydrogens is 228 g/mol. The van der Waals surface area contributed by atoms with Crippen LogP contribution < -0.4 is 0 Å². The van der Waals surface area contributed by atoms with E-state index in [9.17, 15) is 5.11 Å². The van der Waals surface area contributed by atoms with Gasteiger partial charge in [-0.1, -0.05) is 0 Å². The largest absolute Gasteiger partial charge is 0.466 e. The van der Waals surface area contributed by atoms with Crippen LogP contribution in [0.1, 0.15) is 16.7 Å². The highest BCUT2D eigenvalue weighted by Crippen LogP contribution is 2.35. The van der Waals surface area contributed by atoms with Crippen LogP contribution in [0, 0.1) is 0 Å². The van der Waals surface area contributed by atoms with Crippen molar-refractivity contribution in [1.29, 1.82) is 0 Å². The van der Waals surface area contributed by atoms with Gasteiger partial charge < -0.3 is 9.52 Å². The summed E-state index contributed by atoms with van der Waals surface area (Å²) in [5.41, 5.74) is 0. The van der Waals surface area contributed by atoms with E-state index in [1.807, 2.05) is 6.07 Å². The van der Waals surface area contributed by atoms with Crippen LogP contribution in [0.3, 0.4) is 0 Å².